The van der Waals surface area contributed by atoms with E-state index in [9.17, 15) is 9.18 Å². The van der Waals surface area contributed by atoms with Gasteiger partial charge in [0.05, 0.1) is 5.57 Å². The zero-order chi connectivity index (χ0) is 17.9. The van der Waals surface area contributed by atoms with Crippen molar-refractivity contribution in [2.45, 2.75) is 25.3 Å². The number of carbonyl (C=O) groups is 1. The lowest BCUT2D eigenvalue weighted by molar-refractivity contribution is -0.110. The normalized spacial score (nSPS) is 21.2. The highest BCUT2D eigenvalue weighted by Crippen LogP contribution is 2.34. The van der Waals surface area contributed by atoms with Gasteiger partial charge in [-0.25, -0.2) is 4.39 Å². The van der Waals surface area contributed by atoms with Gasteiger partial charge in [0, 0.05) is 29.2 Å². The highest BCUT2D eigenvalue weighted by Gasteiger charge is 2.27. The standard InChI is InChI=1S/C21H22FN3O/c22-15-8-9-20-18(13-15)19(21(26)24-20)14-25(16-5-2-1-3-6-16)17-7-4-11-23-12-10-17/h1-3,5-6,8-9,13-14,17,23H,4,7,10-12H2,(H,24,26). The average molecular weight is 351 g/mol. The van der Waals surface area contributed by atoms with Gasteiger partial charge in [-0.1, -0.05) is 18.2 Å². The van der Waals surface area contributed by atoms with Crippen molar-refractivity contribution in [2.24, 2.45) is 0 Å². The number of nitrogens with zero attached hydrogens (tertiary/aromatic N) is 1. The molecule has 2 aromatic rings. The summed E-state index contributed by atoms with van der Waals surface area (Å²) in [5, 5.41) is 6.27. The summed E-state index contributed by atoms with van der Waals surface area (Å²) in [5.41, 5.74) is 2.85. The molecule has 1 fully saturated rings. The van der Waals surface area contributed by atoms with Crippen molar-refractivity contribution in [3.8, 4) is 0 Å². The third-order valence-electron chi connectivity index (χ3n) is 5.03. The number of nitrogens with one attached hydrogen (secondary N) is 2. The smallest absolute Gasteiger partial charge is 0.257 e. The molecule has 2 N–H and O–H groups in total. The van der Waals surface area contributed by atoms with Gasteiger partial charge in [0.1, 0.15) is 5.82 Å². The van der Waals surface area contributed by atoms with Crippen molar-refractivity contribution in [1.82, 2.24) is 5.32 Å². The van der Waals surface area contributed by atoms with Crippen LogP contribution in [-0.2, 0) is 4.79 Å². The molecule has 134 valence electrons. The Bertz CT molecular complexity index is 826. The van der Waals surface area contributed by atoms with Gasteiger partial charge in [0.2, 0.25) is 0 Å². The number of anilines is 2. The van der Waals surface area contributed by atoms with Gasteiger partial charge in [0.25, 0.3) is 5.91 Å². The first-order valence-electron chi connectivity index (χ1n) is 9.09. The highest BCUT2D eigenvalue weighted by atomic mass is 19.1. The Morgan fingerprint density at radius 1 is 1.08 bits per heavy atom. The Kier molecular flexibility index (Phi) is 4.71. The van der Waals surface area contributed by atoms with Crippen LogP contribution < -0.4 is 15.5 Å². The highest BCUT2D eigenvalue weighted by molar-refractivity contribution is 6.31. The first-order chi connectivity index (χ1) is 12.7. The predicted molar refractivity (Wildman–Crippen MR) is 102 cm³/mol. The van der Waals surface area contributed by atoms with Crippen LogP contribution in [0.4, 0.5) is 15.8 Å². The fraction of sp³-hybridized carbons (Fsp3) is 0.286. The minimum absolute atomic E-state index is 0.182. The molecular formula is C21H22FN3O. The van der Waals surface area contributed by atoms with E-state index in [0.717, 1.165) is 38.0 Å². The van der Waals surface area contributed by atoms with E-state index in [2.05, 4.69) is 27.7 Å². The van der Waals surface area contributed by atoms with Crippen LogP contribution in [0, 0.1) is 5.82 Å². The lowest BCUT2D eigenvalue weighted by Crippen LogP contribution is -2.32. The number of fused-ring (bicyclic) bond motifs is 1. The van der Waals surface area contributed by atoms with Gasteiger partial charge in [-0.3, -0.25) is 4.79 Å². The second-order valence-electron chi connectivity index (χ2n) is 6.76. The van der Waals surface area contributed by atoms with Crippen molar-refractivity contribution >= 4 is 22.9 Å². The molecule has 1 amide bonds. The maximum absolute atomic E-state index is 13.7. The largest absolute Gasteiger partial charge is 0.344 e. The van der Waals surface area contributed by atoms with Crippen molar-refractivity contribution in [2.75, 3.05) is 23.3 Å². The second-order valence-corrected chi connectivity index (χ2v) is 6.76. The molecule has 4 rings (SSSR count). The zero-order valence-corrected chi connectivity index (χ0v) is 14.5. The van der Waals surface area contributed by atoms with Gasteiger partial charge in [-0.2, -0.15) is 0 Å². The second kappa shape index (κ2) is 7.30. The number of para-hydroxylation sites is 1. The number of carbonyl (C=O) groups excluding carboxylic acids is 1. The number of halogens is 1. The van der Waals surface area contributed by atoms with E-state index in [1.807, 2.05) is 24.4 Å². The van der Waals surface area contributed by atoms with E-state index in [4.69, 9.17) is 0 Å². The molecule has 0 aromatic heterocycles. The van der Waals surface area contributed by atoms with Gasteiger partial charge >= 0.3 is 0 Å². The molecule has 4 nitrogen and oxygen atoms in total. The summed E-state index contributed by atoms with van der Waals surface area (Å²) in [4.78, 5) is 14.7. The third-order valence-corrected chi connectivity index (χ3v) is 5.03. The predicted octanol–water partition coefficient (Wildman–Crippen LogP) is 3.77. The molecule has 2 aliphatic rings. The molecule has 2 aliphatic heterocycles. The van der Waals surface area contributed by atoms with Gasteiger partial charge in [-0.15, -0.1) is 0 Å². The molecule has 1 saturated heterocycles. The molecule has 1 atom stereocenters. The van der Waals surface area contributed by atoms with Gasteiger partial charge in [0.15, 0.2) is 0 Å². The van der Waals surface area contributed by atoms with Crippen LogP contribution in [-0.4, -0.2) is 25.0 Å². The van der Waals surface area contributed by atoms with Crippen molar-refractivity contribution in [3.63, 3.8) is 0 Å². The molecule has 2 aromatic carbocycles. The molecule has 5 heteroatoms. The summed E-state index contributed by atoms with van der Waals surface area (Å²) in [5.74, 6) is -0.519. The van der Waals surface area contributed by atoms with Crippen LogP contribution in [0.25, 0.3) is 5.57 Å². The maximum atomic E-state index is 13.7. The average Bonchev–Trinajstić information content (AvgIpc) is 2.82. The van der Waals surface area contributed by atoms with E-state index in [1.165, 1.54) is 12.1 Å². The van der Waals surface area contributed by atoms with Crippen LogP contribution in [0.5, 0.6) is 0 Å². The van der Waals surface area contributed by atoms with E-state index in [0.29, 0.717) is 22.9 Å². The molecule has 1 unspecified atom stereocenters. The summed E-state index contributed by atoms with van der Waals surface area (Å²) in [6.45, 7) is 1.97. The van der Waals surface area contributed by atoms with Crippen LogP contribution in [0.2, 0.25) is 0 Å². The molecule has 0 bridgehead atoms. The monoisotopic (exact) mass is 351 g/mol. The fourth-order valence-electron chi connectivity index (χ4n) is 3.70. The quantitative estimate of drug-likeness (QED) is 0.828. The van der Waals surface area contributed by atoms with E-state index in [-0.39, 0.29) is 11.7 Å². The zero-order valence-electron chi connectivity index (χ0n) is 14.5. The van der Waals surface area contributed by atoms with Gasteiger partial charge < -0.3 is 15.5 Å². The molecule has 0 saturated carbocycles. The van der Waals surface area contributed by atoms with Crippen molar-refractivity contribution in [3.05, 3.63) is 66.1 Å². The van der Waals surface area contributed by atoms with Crippen LogP contribution in [0.15, 0.2) is 54.7 Å². The van der Waals surface area contributed by atoms with Crippen LogP contribution in [0.1, 0.15) is 24.8 Å². The Hall–Kier alpha value is -2.66. The summed E-state index contributed by atoms with van der Waals surface area (Å²) < 4.78 is 13.7. The van der Waals surface area contributed by atoms with Gasteiger partial charge in [-0.05, 0) is 62.7 Å². The van der Waals surface area contributed by atoms with Crippen LogP contribution >= 0.6 is 0 Å². The summed E-state index contributed by atoms with van der Waals surface area (Å²) in [7, 11) is 0. The van der Waals surface area contributed by atoms with E-state index < -0.39 is 0 Å². The third kappa shape index (κ3) is 3.35. The van der Waals surface area contributed by atoms with Crippen LogP contribution in [0.3, 0.4) is 0 Å². The molecule has 2 heterocycles. The van der Waals surface area contributed by atoms with Crippen molar-refractivity contribution in [1.29, 1.82) is 0 Å². The Balaban J connectivity index is 1.76. The molecule has 0 aliphatic carbocycles. The molecule has 0 radical (unpaired) electrons. The number of hydrogen-bond acceptors (Lipinski definition) is 3. The lowest BCUT2D eigenvalue weighted by Gasteiger charge is -2.30. The number of benzene rings is 2. The summed E-state index contributed by atoms with van der Waals surface area (Å²) in [6.07, 6.45) is 5.03. The Labute approximate surface area is 152 Å². The summed E-state index contributed by atoms with van der Waals surface area (Å²) >= 11 is 0. The number of amides is 1. The minimum atomic E-state index is -0.337. The first kappa shape index (κ1) is 16.8. The first-order valence-corrected chi connectivity index (χ1v) is 9.09. The van der Waals surface area contributed by atoms with E-state index >= 15 is 0 Å². The maximum Gasteiger partial charge on any atom is 0.257 e. The molecule has 26 heavy (non-hydrogen) atoms. The van der Waals surface area contributed by atoms with E-state index in [1.54, 1.807) is 6.07 Å². The number of hydrogen-bond donors (Lipinski definition) is 2. The summed E-state index contributed by atoms with van der Waals surface area (Å²) in [6, 6.07) is 14.8. The van der Waals surface area contributed by atoms with Crippen molar-refractivity contribution < 1.29 is 9.18 Å². The Morgan fingerprint density at radius 2 is 1.92 bits per heavy atom. The Morgan fingerprint density at radius 3 is 2.77 bits per heavy atom. The molecular weight excluding hydrogens is 329 g/mol. The minimum Gasteiger partial charge on any atom is -0.344 e. The number of rotatable bonds is 3. The molecule has 0 spiro atoms. The fourth-order valence-corrected chi connectivity index (χ4v) is 3.70. The SMILES string of the molecule is O=C1Nc2ccc(F)cc2C1=CN(c1ccccc1)C1CCCNCC1. The topological polar surface area (TPSA) is 44.4 Å². The lowest BCUT2D eigenvalue weighted by atomic mass is 10.0.